The van der Waals surface area contributed by atoms with Gasteiger partial charge in [-0.15, -0.1) is 0 Å². The van der Waals surface area contributed by atoms with E-state index >= 15 is 0 Å². The van der Waals surface area contributed by atoms with E-state index in [2.05, 4.69) is 58.0 Å². The van der Waals surface area contributed by atoms with Crippen LogP contribution in [0.3, 0.4) is 0 Å². The van der Waals surface area contributed by atoms with Crippen molar-refractivity contribution in [2.75, 3.05) is 11.9 Å². The molecular weight excluding hydrogens is 454 g/mol. The van der Waals surface area contributed by atoms with E-state index in [4.69, 9.17) is 4.98 Å². The Morgan fingerprint density at radius 1 is 0.838 bits per heavy atom. The summed E-state index contributed by atoms with van der Waals surface area (Å²) in [5, 5.41) is 21.1. The molecule has 0 bridgehead atoms. The fraction of sp³-hybridized carbons (Fsp3) is 0.0938. The van der Waals surface area contributed by atoms with Gasteiger partial charge >= 0.3 is 0 Å². The van der Waals surface area contributed by atoms with Gasteiger partial charge in [0.15, 0.2) is 0 Å². The third-order valence-corrected chi connectivity index (χ3v) is 6.99. The van der Waals surface area contributed by atoms with Crippen LogP contribution >= 0.6 is 0 Å². The van der Waals surface area contributed by atoms with Crippen LogP contribution in [-0.4, -0.2) is 16.6 Å². The lowest BCUT2D eigenvalue weighted by atomic mass is 9.90. The largest absolute Gasteiger partial charge is 0.329 e. The topological polar surface area (TPSA) is 68.6 Å². The normalized spacial score (nSPS) is 14.5. The number of nitrogens with zero attached hydrogens (tertiary/aromatic N) is 5. The van der Waals surface area contributed by atoms with E-state index in [1.807, 2.05) is 73.8 Å². The van der Waals surface area contributed by atoms with Crippen molar-refractivity contribution in [3.63, 3.8) is 0 Å². The van der Waals surface area contributed by atoms with Crippen molar-refractivity contribution in [1.82, 2.24) is 9.55 Å². The first-order valence-corrected chi connectivity index (χ1v) is 12.2. The second-order valence-corrected chi connectivity index (χ2v) is 9.15. The van der Waals surface area contributed by atoms with Gasteiger partial charge in [0.25, 0.3) is 0 Å². The monoisotopic (exact) mass is 477 g/mol. The molecule has 5 aromatic rings. The van der Waals surface area contributed by atoms with Crippen LogP contribution in [-0.2, 0) is 0 Å². The van der Waals surface area contributed by atoms with Gasteiger partial charge < -0.3 is 4.90 Å². The summed E-state index contributed by atoms with van der Waals surface area (Å²) in [6, 6.07) is 30.4. The Balaban J connectivity index is 1.49. The zero-order chi connectivity index (χ0) is 25.4. The van der Waals surface area contributed by atoms with Gasteiger partial charge in [0.1, 0.15) is 11.6 Å². The Hall–Kier alpha value is -5.13. The SMILES string of the molecule is CN(c1cccc(-n2c3ccccc3c3cc(C#N)ccc32)n1)c1ccc(C#N)cc1C1C=CC=CC1. The fourth-order valence-corrected chi connectivity index (χ4v) is 5.17. The van der Waals surface area contributed by atoms with Crippen molar-refractivity contribution in [2.45, 2.75) is 12.3 Å². The summed E-state index contributed by atoms with van der Waals surface area (Å²) in [5.74, 6) is 1.81. The van der Waals surface area contributed by atoms with Crippen LogP contribution in [0.4, 0.5) is 11.5 Å². The molecule has 176 valence electrons. The molecule has 6 rings (SSSR count). The van der Waals surface area contributed by atoms with E-state index in [-0.39, 0.29) is 5.92 Å². The molecule has 1 aliphatic carbocycles. The average Bonchev–Trinajstić information content (AvgIpc) is 3.30. The van der Waals surface area contributed by atoms with E-state index in [0.29, 0.717) is 11.1 Å². The molecule has 0 N–H and O–H groups in total. The van der Waals surface area contributed by atoms with Gasteiger partial charge in [0.05, 0.1) is 34.3 Å². The molecule has 0 radical (unpaired) electrons. The number of rotatable bonds is 4. The van der Waals surface area contributed by atoms with Crippen molar-refractivity contribution >= 4 is 33.3 Å². The standard InChI is InChI=1S/C32H23N5/c1-36(28-16-14-22(20-33)18-26(28)24-8-3-2-4-9-24)31-12-7-13-32(35-31)37-29-11-6-5-10-25(29)27-19-23(21-34)15-17-30(27)37/h2-8,10-19,24H,9H2,1H3. The first-order valence-electron chi connectivity index (χ1n) is 12.2. The first-order chi connectivity index (χ1) is 18.2. The van der Waals surface area contributed by atoms with Gasteiger partial charge in [-0.25, -0.2) is 4.98 Å². The van der Waals surface area contributed by atoms with E-state index < -0.39 is 0 Å². The third kappa shape index (κ3) is 3.84. The van der Waals surface area contributed by atoms with E-state index in [1.165, 1.54) is 0 Å². The Bertz CT molecular complexity index is 1810. The Labute approximate surface area is 215 Å². The molecule has 0 amide bonds. The molecule has 2 aromatic heterocycles. The maximum absolute atomic E-state index is 9.53. The number of hydrogen-bond acceptors (Lipinski definition) is 4. The number of allylic oxidation sites excluding steroid dienone is 4. The number of pyridine rings is 1. The van der Waals surface area contributed by atoms with E-state index in [9.17, 15) is 10.5 Å². The summed E-state index contributed by atoms with van der Waals surface area (Å²) in [4.78, 5) is 7.18. The van der Waals surface area contributed by atoms with Crippen molar-refractivity contribution in [1.29, 1.82) is 10.5 Å². The van der Waals surface area contributed by atoms with Crippen LogP contribution < -0.4 is 4.90 Å². The van der Waals surface area contributed by atoms with E-state index in [1.54, 1.807) is 0 Å². The Morgan fingerprint density at radius 2 is 1.62 bits per heavy atom. The Kier molecular flexibility index (Phi) is 5.52. The molecule has 2 heterocycles. The average molecular weight is 478 g/mol. The summed E-state index contributed by atoms with van der Waals surface area (Å²) in [6.07, 6.45) is 9.36. The molecule has 37 heavy (non-hydrogen) atoms. The highest BCUT2D eigenvalue weighted by Gasteiger charge is 2.19. The molecule has 0 spiro atoms. The zero-order valence-electron chi connectivity index (χ0n) is 20.3. The van der Waals surface area contributed by atoms with E-state index in [0.717, 1.165) is 51.1 Å². The molecule has 0 saturated carbocycles. The number of aromatic nitrogens is 2. The van der Waals surface area contributed by atoms with Gasteiger partial charge in [-0.2, -0.15) is 10.5 Å². The smallest absolute Gasteiger partial charge is 0.140 e. The lowest BCUT2D eigenvalue weighted by molar-refractivity contribution is 0.848. The number of para-hydroxylation sites is 1. The van der Waals surface area contributed by atoms with Crippen LogP contribution in [0.1, 0.15) is 29.0 Å². The highest BCUT2D eigenvalue weighted by Crippen LogP contribution is 2.37. The van der Waals surface area contributed by atoms with Gasteiger partial charge in [-0.3, -0.25) is 4.57 Å². The predicted molar refractivity (Wildman–Crippen MR) is 148 cm³/mol. The maximum atomic E-state index is 9.53. The molecular formula is C32H23N5. The molecule has 0 saturated heterocycles. The Morgan fingerprint density at radius 3 is 2.43 bits per heavy atom. The molecule has 5 heteroatoms. The summed E-state index contributed by atoms with van der Waals surface area (Å²) in [6.45, 7) is 0. The number of anilines is 2. The first kappa shape index (κ1) is 22.3. The highest BCUT2D eigenvalue weighted by atomic mass is 15.2. The van der Waals surface area contributed by atoms with Crippen molar-refractivity contribution in [2.24, 2.45) is 0 Å². The van der Waals surface area contributed by atoms with Crippen LogP contribution in [0.2, 0.25) is 0 Å². The van der Waals surface area contributed by atoms with Gasteiger partial charge in [0, 0.05) is 29.4 Å². The number of hydrogen-bond donors (Lipinski definition) is 0. The molecule has 1 unspecified atom stereocenters. The van der Waals surface area contributed by atoms with Gasteiger partial charge in [0.2, 0.25) is 0 Å². The van der Waals surface area contributed by atoms with Crippen molar-refractivity contribution < 1.29 is 0 Å². The second kappa shape index (κ2) is 9.15. The van der Waals surface area contributed by atoms with Crippen LogP contribution in [0.15, 0.2) is 103 Å². The fourth-order valence-electron chi connectivity index (χ4n) is 5.17. The summed E-state index contributed by atoms with van der Waals surface area (Å²) < 4.78 is 2.15. The van der Waals surface area contributed by atoms with Crippen molar-refractivity contribution in [3.8, 4) is 18.0 Å². The number of nitriles is 2. The van der Waals surface area contributed by atoms with Crippen LogP contribution in [0.5, 0.6) is 0 Å². The predicted octanol–water partition coefficient (Wildman–Crippen LogP) is 7.29. The number of fused-ring (bicyclic) bond motifs is 3. The molecule has 5 nitrogen and oxygen atoms in total. The molecule has 1 aliphatic rings. The van der Waals surface area contributed by atoms with Crippen LogP contribution in [0, 0.1) is 22.7 Å². The number of benzene rings is 3. The maximum Gasteiger partial charge on any atom is 0.140 e. The lowest BCUT2D eigenvalue weighted by Gasteiger charge is -2.26. The minimum atomic E-state index is 0.200. The zero-order valence-corrected chi connectivity index (χ0v) is 20.3. The second-order valence-electron chi connectivity index (χ2n) is 9.15. The van der Waals surface area contributed by atoms with Gasteiger partial charge in [-0.1, -0.05) is 48.6 Å². The molecule has 0 fully saturated rings. The quantitative estimate of drug-likeness (QED) is 0.273. The summed E-state index contributed by atoms with van der Waals surface area (Å²) in [5.41, 5.74) is 5.46. The lowest BCUT2D eigenvalue weighted by Crippen LogP contribution is -2.15. The van der Waals surface area contributed by atoms with Gasteiger partial charge in [-0.05, 0) is 66.6 Å². The summed E-state index contributed by atoms with van der Waals surface area (Å²) in [7, 11) is 2.02. The molecule has 1 atom stereocenters. The highest BCUT2D eigenvalue weighted by molar-refractivity contribution is 6.09. The van der Waals surface area contributed by atoms with Crippen LogP contribution in [0.25, 0.3) is 27.6 Å². The molecule has 3 aromatic carbocycles. The minimum Gasteiger partial charge on any atom is -0.329 e. The van der Waals surface area contributed by atoms with Crippen molar-refractivity contribution in [3.05, 3.63) is 120 Å². The third-order valence-electron chi connectivity index (χ3n) is 6.99. The minimum absolute atomic E-state index is 0.200. The molecule has 0 aliphatic heterocycles. The summed E-state index contributed by atoms with van der Waals surface area (Å²) >= 11 is 0.